The van der Waals surface area contributed by atoms with Gasteiger partial charge in [0.2, 0.25) is 11.7 Å². The number of hydrogen-bond acceptors (Lipinski definition) is 6. The lowest BCUT2D eigenvalue weighted by molar-refractivity contribution is 0.0765. The molecule has 27 heavy (non-hydrogen) atoms. The molecule has 0 aliphatic carbocycles. The fourth-order valence-electron chi connectivity index (χ4n) is 2.67. The molecule has 140 valence electrons. The number of carbonyl (C=O) groups is 1. The minimum atomic E-state index is -0.235. The fraction of sp³-hybridized carbons (Fsp3) is 0.250. The zero-order valence-corrected chi connectivity index (χ0v) is 15.7. The van der Waals surface area contributed by atoms with Crippen LogP contribution < -0.4 is 9.47 Å². The highest BCUT2D eigenvalue weighted by molar-refractivity contribution is 5.97. The zero-order valence-electron chi connectivity index (χ0n) is 15.7. The summed E-state index contributed by atoms with van der Waals surface area (Å²) >= 11 is 0. The van der Waals surface area contributed by atoms with Crippen molar-refractivity contribution in [2.24, 2.45) is 0 Å². The summed E-state index contributed by atoms with van der Waals surface area (Å²) in [7, 11) is 4.69. The van der Waals surface area contributed by atoms with E-state index in [9.17, 15) is 4.79 Å². The van der Waals surface area contributed by atoms with E-state index in [4.69, 9.17) is 14.0 Å². The lowest BCUT2D eigenvalue weighted by Crippen LogP contribution is -2.26. The van der Waals surface area contributed by atoms with Crippen molar-refractivity contribution in [3.63, 3.8) is 0 Å². The van der Waals surface area contributed by atoms with Crippen molar-refractivity contribution < 1.29 is 18.8 Å². The number of aryl methyl sites for hydroxylation is 1. The van der Waals surface area contributed by atoms with Crippen molar-refractivity contribution in [2.75, 3.05) is 21.3 Å². The van der Waals surface area contributed by atoms with E-state index in [0.717, 1.165) is 11.1 Å². The highest BCUT2D eigenvalue weighted by Crippen LogP contribution is 2.31. The minimum Gasteiger partial charge on any atom is -0.493 e. The molecule has 0 saturated carbocycles. The molecule has 1 heterocycles. The number of hydrogen-bond donors (Lipinski definition) is 0. The number of methoxy groups -OCH3 is 2. The van der Waals surface area contributed by atoms with Crippen LogP contribution in [-0.2, 0) is 6.54 Å². The Balaban J connectivity index is 1.77. The summed E-state index contributed by atoms with van der Waals surface area (Å²) < 4.78 is 15.9. The van der Waals surface area contributed by atoms with Crippen molar-refractivity contribution in [3.8, 4) is 22.9 Å². The van der Waals surface area contributed by atoms with E-state index in [1.54, 1.807) is 25.2 Å². The van der Waals surface area contributed by atoms with Crippen LogP contribution in [-0.4, -0.2) is 42.2 Å². The third-order valence-corrected chi connectivity index (χ3v) is 4.13. The smallest absolute Gasteiger partial charge is 0.257 e. The van der Waals surface area contributed by atoms with Gasteiger partial charge in [-0.3, -0.25) is 4.79 Å². The lowest BCUT2D eigenvalue weighted by Gasteiger charge is -2.18. The molecule has 0 N–H and O–H groups in total. The second-order valence-electron chi connectivity index (χ2n) is 6.08. The van der Waals surface area contributed by atoms with E-state index in [2.05, 4.69) is 10.1 Å². The van der Waals surface area contributed by atoms with Gasteiger partial charge in [-0.25, -0.2) is 0 Å². The molecule has 0 spiro atoms. The molecule has 1 aromatic heterocycles. The molecule has 0 fully saturated rings. The first-order valence-electron chi connectivity index (χ1n) is 8.39. The van der Waals surface area contributed by atoms with Gasteiger partial charge in [0.25, 0.3) is 5.91 Å². The van der Waals surface area contributed by atoms with Crippen molar-refractivity contribution in [3.05, 3.63) is 59.5 Å². The average molecular weight is 367 g/mol. The first-order chi connectivity index (χ1) is 13.0. The van der Waals surface area contributed by atoms with E-state index in [0.29, 0.717) is 28.8 Å². The molecule has 0 saturated heterocycles. The maximum absolute atomic E-state index is 12.8. The third-order valence-electron chi connectivity index (χ3n) is 4.13. The minimum absolute atomic E-state index is 0.179. The monoisotopic (exact) mass is 367 g/mol. The molecule has 0 unspecified atom stereocenters. The molecule has 0 radical (unpaired) electrons. The zero-order chi connectivity index (χ0) is 19.4. The van der Waals surface area contributed by atoms with Crippen LogP contribution >= 0.6 is 0 Å². The van der Waals surface area contributed by atoms with Crippen LogP contribution in [0.2, 0.25) is 0 Å². The van der Waals surface area contributed by atoms with Gasteiger partial charge in [-0.1, -0.05) is 41.1 Å². The van der Waals surface area contributed by atoms with Crippen molar-refractivity contribution in [2.45, 2.75) is 13.5 Å². The average Bonchev–Trinajstić information content (AvgIpc) is 3.15. The Hall–Kier alpha value is -3.35. The highest BCUT2D eigenvalue weighted by Gasteiger charge is 2.21. The van der Waals surface area contributed by atoms with E-state index < -0.39 is 0 Å². The van der Waals surface area contributed by atoms with Crippen molar-refractivity contribution >= 4 is 5.91 Å². The van der Waals surface area contributed by atoms with E-state index in [1.165, 1.54) is 19.1 Å². The Labute approximate surface area is 157 Å². The van der Waals surface area contributed by atoms with Gasteiger partial charge >= 0.3 is 0 Å². The van der Waals surface area contributed by atoms with Gasteiger partial charge in [0.1, 0.15) is 6.54 Å². The van der Waals surface area contributed by atoms with Crippen LogP contribution in [0.3, 0.4) is 0 Å². The first-order valence-corrected chi connectivity index (χ1v) is 8.39. The van der Waals surface area contributed by atoms with Gasteiger partial charge in [0.15, 0.2) is 11.5 Å². The number of nitrogens with zero attached hydrogens (tertiary/aromatic N) is 3. The Morgan fingerprint density at radius 1 is 1.11 bits per heavy atom. The number of carbonyl (C=O) groups excluding carboxylic acids is 1. The second-order valence-corrected chi connectivity index (χ2v) is 6.08. The summed E-state index contributed by atoms with van der Waals surface area (Å²) in [6, 6.07) is 13.0. The van der Waals surface area contributed by atoms with Gasteiger partial charge in [-0.2, -0.15) is 4.98 Å². The molecular formula is C20H21N3O4. The van der Waals surface area contributed by atoms with Crippen LogP contribution in [0.5, 0.6) is 11.5 Å². The Morgan fingerprint density at radius 3 is 2.52 bits per heavy atom. The Morgan fingerprint density at radius 2 is 1.85 bits per heavy atom. The number of amides is 1. The van der Waals surface area contributed by atoms with E-state index >= 15 is 0 Å². The summed E-state index contributed by atoms with van der Waals surface area (Å²) in [4.78, 5) is 18.7. The standard InChI is InChI=1S/C20H21N3O4/c1-13-8-10-14(11-9-13)19-21-17(27-22-19)12-23(2)20(24)15-6-5-7-16(25-3)18(15)26-4/h5-11H,12H2,1-4H3. The number of benzene rings is 2. The molecule has 0 aliphatic heterocycles. The maximum Gasteiger partial charge on any atom is 0.257 e. The molecule has 7 heteroatoms. The van der Waals surface area contributed by atoms with Crippen LogP contribution in [0, 0.1) is 6.92 Å². The number of para-hydroxylation sites is 1. The molecule has 7 nitrogen and oxygen atoms in total. The summed E-state index contributed by atoms with van der Waals surface area (Å²) in [5.41, 5.74) is 2.41. The van der Waals surface area contributed by atoms with Gasteiger partial charge in [-0.05, 0) is 19.1 Å². The predicted octanol–water partition coefficient (Wildman–Crippen LogP) is 3.33. The molecule has 0 bridgehead atoms. The maximum atomic E-state index is 12.8. The molecular weight excluding hydrogens is 346 g/mol. The molecule has 0 atom stereocenters. The lowest BCUT2D eigenvalue weighted by atomic mass is 10.1. The number of aromatic nitrogens is 2. The van der Waals surface area contributed by atoms with E-state index in [1.807, 2.05) is 31.2 Å². The molecule has 3 aromatic rings. The first kappa shape index (κ1) is 18.4. The SMILES string of the molecule is COc1cccc(C(=O)N(C)Cc2nc(-c3ccc(C)cc3)no2)c1OC. The summed E-state index contributed by atoms with van der Waals surface area (Å²) in [6.07, 6.45) is 0. The van der Waals surface area contributed by atoms with E-state index in [-0.39, 0.29) is 12.5 Å². The third kappa shape index (κ3) is 3.92. The summed E-state index contributed by atoms with van der Waals surface area (Å²) in [5.74, 6) is 1.49. The summed E-state index contributed by atoms with van der Waals surface area (Å²) in [5, 5.41) is 3.99. The predicted molar refractivity (Wildman–Crippen MR) is 99.8 cm³/mol. The van der Waals surface area contributed by atoms with Gasteiger partial charge in [0.05, 0.1) is 19.8 Å². The summed E-state index contributed by atoms with van der Waals surface area (Å²) in [6.45, 7) is 2.19. The topological polar surface area (TPSA) is 77.7 Å². The molecule has 1 amide bonds. The Bertz CT molecular complexity index is 935. The quantitative estimate of drug-likeness (QED) is 0.665. The van der Waals surface area contributed by atoms with Gasteiger partial charge in [-0.15, -0.1) is 0 Å². The fourth-order valence-corrected chi connectivity index (χ4v) is 2.67. The molecule has 3 rings (SSSR count). The Kier molecular flexibility index (Phi) is 5.40. The molecule has 2 aromatic carbocycles. The largest absolute Gasteiger partial charge is 0.493 e. The molecule has 0 aliphatic rings. The normalized spacial score (nSPS) is 10.5. The van der Waals surface area contributed by atoms with Gasteiger partial charge in [0, 0.05) is 12.6 Å². The van der Waals surface area contributed by atoms with Crippen molar-refractivity contribution in [1.29, 1.82) is 0 Å². The van der Waals surface area contributed by atoms with Crippen LogP contribution in [0.25, 0.3) is 11.4 Å². The van der Waals surface area contributed by atoms with Gasteiger partial charge < -0.3 is 18.9 Å². The van der Waals surface area contributed by atoms with Crippen molar-refractivity contribution in [1.82, 2.24) is 15.0 Å². The van der Waals surface area contributed by atoms with Crippen LogP contribution in [0.15, 0.2) is 47.0 Å². The van der Waals surface area contributed by atoms with Crippen LogP contribution in [0.4, 0.5) is 0 Å². The van der Waals surface area contributed by atoms with Crippen LogP contribution in [0.1, 0.15) is 21.8 Å². The second kappa shape index (κ2) is 7.90. The number of ether oxygens (including phenoxy) is 2. The number of rotatable bonds is 6. The highest BCUT2D eigenvalue weighted by atomic mass is 16.5.